The lowest BCUT2D eigenvalue weighted by Crippen LogP contribution is -2.52. The summed E-state index contributed by atoms with van der Waals surface area (Å²) >= 11 is 18.9. The van der Waals surface area contributed by atoms with Crippen LogP contribution in [0.3, 0.4) is 0 Å². The van der Waals surface area contributed by atoms with Crippen LogP contribution in [0.1, 0.15) is 44.2 Å². The molecule has 3 N–H and O–H groups in total. The molecule has 2 aromatic carbocycles. The Bertz CT molecular complexity index is 994. The molecule has 2 aliphatic rings. The lowest BCUT2D eigenvalue weighted by atomic mass is 9.84. The van der Waals surface area contributed by atoms with Gasteiger partial charge in [0.2, 0.25) is 5.91 Å². The van der Waals surface area contributed by atoms with E-state index in [1.54, 1.807) is 6.07 Å². The van der Waals surface area contributed by atoms with Crippen molar-refractivity contribution in [1.82, 2.24) is 4.90 Å². The van der Waals surface area contributed by atoms with Crippen LogP contribution in [0.25, 0.3) is 0 Å². The van der Waals surface area contributed by atoms with Crippen molar-refractivity contribution in [3.63, 3.8) is 0 Å². The standard InChI is InChI=1S/C25H31Cl3N4O/c1-16(21-7-5-18(26)14-23(21)28)30-24-15-20(6-8-22(24)27)32-11-9-31(10-12-32)19-4-2-3-17(13-19)25(29)33/h5-8,14-17,19,30H,2-4,9-13H2,1H3,(H2,29,33)/t16?,17?,19-/m1/s1. The van der Waals surface area contributed by atoms with E-state index in [1.807, 2.05) is 18.2 Å². The number of carbonyl (C=O) groups excluding carboxylic acids is 1. The minimum atomic E-state index is -0.145. The highest BCUT2D eigenvalue weighted by Crippen LogP contribution is 2.34. The molecule has 0 radical (unpaired) electrons. The topological polar surface area (TPSA) is 61.6 Å². The number of rotatable bonds is 6. The fourth-order valence-corrected chi connectivity index (χ4v) is 5.83. The number of nitrogens with two attached hydrogens (primary N) is 1. The molecule has 1 saturated carbocycles. The predicted molar refractivity (Wildman–Crippen MR) is 139 cm³/mol. The summed E-state index contributed by atoms with van der Waals surface area (Å²) in [6.07, 6.45) is 4.08. The number of amides is 1. The van der Waals surface area contributed by atoms with Gasteiger partial charge in [0, 0.05) is 53.9 Å². The van der Waals surface area contributed by atoms with Gasteiger partial charge in [-0.2, -0.15) is 0 Å². The van der Waals surface area contributed by atoms with Crippen LogP contribution in [0.2, 0.25) is 15.1 Å². The SMILES string of the molecule is CC(Nc1cc(N2CCN([C@@H]3CCCC(C(N)=O)C3)CC2)ccc1Cl)c1ccc(Cl)cc1Cl. The molecule has 5 nitrogen and oxygen atoms in total. The van der Waals surface area contributed by atoms with Crippen LogP contribution in [0.15, 0.2) is 36.4 Å². The summed E-state index contributed by atoms with van der Waals surface area (Å²) in [6, 6.07) is 12.1. The molecule has 2 fully saturated rings. The molecular formula is C25H31Cl3N4O. The average Bonchev–Trinajstić information content (AvgIpc) is 2.80. The van der Waals surface area contributed by atoms with Crippen LogP contribution in [0, 0.1) is 5.92 Å². The molecule has 0 bridgehead atoms. The maximum absolute atomic E-state index is 11.6. The average molecular weight is 510 g/mol. The van der Waals surface area contributed by atoms with Crippen LogP contribution in [-0.4, -0.2) is 43.0 Å². The number of hydrogen-bond acceptors (Lipinski definition) is 4. The second kappa shape index (κ2) is 10.7. The van der Waals surface area contributed by atoms with E-state index in [0.717, 1.165) is 68.8 Å². The van der Waals surface area contributed by atoms with E-state index in [0.29, 0.717) is 21.1 Å². The predicted octanol–water partition coefficient (Wildman–Crippen LogP) is 5.99. The van der Waals surface area contributed by atoms with E-state index in [9.17, 15) is 4.79 Å². The van der Waals surface area contributed by atoms with Gasteiger partial charge < -0.3 is 16.0 Å². The van der Waals surface area contributed by atoms with Gasteiger partial charge in [-0.05, 0) is 62.1 Å². The summed E-state index contributed by atoms with van der Waals surface area (Å²) in [7, 11) is 0. The maximum atomic E-state index is 11.6. The Morgan fingerprint density at radius 2 is 1.79 bits per heavy atom. The summed E-state index contributed by atoms with van der Waals surface area (Å²) in [4.78, 5) is 16.6. The van der Waals surface area contributed by atoms with Crippen molar-refractivity contribution in [2.75, 3.05) is 36.4 Å². The first-order valence-electron chi connectivity index (χ1n) is 11.6. The molecule has 1 amide bonds. The van der Waals surface area contributed by atoms with E-state index in [4.69, 9.17) is 40.5 Å². The molecule has 2 unspecified atom stereocenters. The summed E-state index contributed by atoms with van der Waals surface area (Å²) in [5, 5.41) is 5.43. The van der Waals surface area contributed by atoms with Gasteiger partial charge in [0.1, 0.15) is 0 Å². The highest BCUT2D eigenvalue weighted by atomic mass is 35.5. The smallest absolute Gasteiger partial charge is 0.220 e. The molecule has 1 heterocycles. The lowest BCUT2D eigenvalue weighted by molar-refractivity contribution is -0.123. The first-order chi connectivity index (χ1) is 15.8. The Hall–Kier alpha value is -1.66. The number of benzene rings is 2. The van der Waals surface area contributed by atoms with Crippen molar-refractivity contribution in [3.05, 3.63) is 57.0 Å². The van der Waals surface area contributed by atoms with Gasteiger partial charge in [0.15, 0.2) is 0 Å². The maximum Gasteiger partial charge on any atom is 0.220 e. The van der Waals surface area contributed by atoms with Crippen LogP contribution in [-0.2, 0) is 4.79 Å². The summed E-state index contributed by atoms with van der Waals surface area (Å²) in [6.45, 7) is 5.91. The number of nitrogens with zero attached hydrogens (tertiary/aromatic N) is 2. The van der Waals surface area contributed by atoms with Gasteiger partial charge in [-0.15, -0.1) is 0 Å². The summed E-state index contributed by atoms with van der Waals surface area (Å²) in [5.41, 5.74) is 8.57. The zero-order chi connectivity index (χ0) is 23.5. The molecule has 2 aromatic rings. The van der Waals surface area contributed by atoms with Gasteiger partial charge in [-0.3, -0.25) is 9.69 Å². The number of anilines is 2. The molecule has 4 rings (SSSR count). The Kier molecular flexibility index (Phi) is 7.95. The summed E-state index contributed by atoms with van der Waals surface area (Å²) in [5.74, 6) is -0.114. The number of primary amides is 1. The normalized spacial score (nSPS) is 22.7. The first-order valence-corrected chi connectivity index (χ1v) is 12.7. The van der Waals surface area contributed by atoms with Crippen LogP contribution < -0.4 is 16.0 Å². The number of carbonyl (C=O) groups is 1. The first kappa shape index (κ1) is 24.5. The minimum Gasteiger partial charge on any atom is -0.377 e. The van der Waals surface area contributed by atoms with Crippen LogP contribution >= 0.6 is 34.8 Å². The molecule has 0 spiro atoms. The van der Waals surface area contributed by atoms with Crippen molar-refractivity contribution in [3.8, 4) is 0 Å². The van der Waals surface area contributed by atoms with E-state index in [-0.39, 0.29) is 17.9 Å². The molecule has 33 heavy (non-hydrogen) atoms. The monoisotopic (exact) mass is 508 g/mol. The van der Waals surface area contributed by atoms with Gasteiger partial charge >= 0.3 is 0 Å². The van der Waals surface area contributed by atoms with Crippen LogP contribution in [0.5, 0.6) is 0 Å². The molecule has 1 aliphatic carbocycles. The van der Waals surface area contributed by atoms with E-state index in [2.05, 4.69) is 34.2 Å². The Balaban J connectivity index is 1.39. The second-order valence-corrected chi connectivity index (χ2v) is 10.4. The molecule has 3 atom stereocenters. The third-order valence-electron chi connectivity index (χ3n) is 7.00. The van der Waals surface area contributed by atoms with Crippen LogP contribution in [0.4, 0.5) is 11.4 Å². The highest BCUT2D eigenvalue weighted by Gasteiger charge is 2.31. The molecule has 178 valence electrons. The fourth-order valence-electron chi connectivity index (χ4n) is 5.08. The molecule has 8 heteroatoms. The Labute approximate surface area is 211 Å². The molecular weight excluding hydrogens is 479 g/mol. The highest BCUT2D eigenvalue weighted by molar-refractivity contribution is 6.35. The Morgan fingerprint density at radius 3 is 2.48 bits per heavy atom. The summed E-state index contributed by atoms with van der Waals surface area (Å²) < 4.78 is 0. The molecule has 0 aromatic heterocycles. The zero-order valence-corrected chi connectivity index (χ0v) is 21.1. The van der Waals surface area contributed by atoms with Crippen molar-refractivity contribution in [2.45, 2.75) is 44.7 Å². The molecule has 1 saturated heterocycles. The van der Waals surface area contributed by atoms with Crippen molar-refractivity contribution < 1.29 is 4.79 Å². The number of nitrogens with one attached hydrogen (secondary N) is 1. The van der Waals surface area contributed by atoms with E-state index < -0.39 is 0 Å². The molecule has 1 aliphatic heterocycles. The quantitative estimate of drug-likeness (QED) is 0.502. The van der Waals surface area contributed by atoms with E-state index in [1.165, 1.54) is 0 Å². The third kappa shape index (κ3) is 5.89. The number of piperazine rings is 1. The van der Waals surface area contributed by atoms with E-state index >= 15 is 0 Å². The lowest BCUT2D eigenvalue weighted by Gasteiger charge is -2.42. The number of halogens is 3. The Morgan fingerprint density at radius 1 is 1.03 bits per heavy atom. The zero-order valence-electron chi connectivity index (χ0n) is 18.9. The van der Waals surface area contributed by atoms with Gasteiger partial charge in [-0.1, -0.05) is 47.3 Å². The second-order valence-electron chi connectivity index (χ2n) is 9.14. The minimum absolute atomic E-state index is 0.0242. The fraction of sp³-hybridized carbons (Fsp3) is 0.480. The van der Waals surface area contributed by atoms with Gasteiger partial charge in [0.05, 0.1) is 16.8 Å². The van der Waals surface area contributed by atoms with Crippen molar-refractivity contribution >= 4 is 52.1 Å². The van der Waals surface area contributed by atoms with Crippen molar-refractivity contribution in [2.24, 2.45) is 11.7 Å². The van der Waals surface area contributed by atoms with Crippen molar-refractivity contribution in [1.29, 1.82) is 0 Å². The third-order valence-corrected chi connectivity index (χ3v) is 7.89. The van der Waals surface area contributed by atoms with Gasteiger partial charge in [0.25, 0.3) is 0 Å². The largest absolute Gasteiger partial charge is 0.377 e. The number of hydrogen-bond donors (Lipinski definition) is 2. The van der Waals surface area contributed by atoms with Gasteiger partial charge in [-0.25, -0.2) is 0 Å².